The molecule has 4 rings (SSSR count). The lowest BCUT2D eigenvalue weighted by Crippen LogP contribution is -2.42. The van der Waals surface area contributed by atoms with E-state index in [2.05, 4.69) is 10.4 Å². The van der Waals surface area contributed by atoms with Gasteiger partial charge in [0.25, 0.3) is 23.5 Å². The van der Waals surface area contributed by atoms with Crippen LogP contribution in [-0.4, -0.2) is 45.9 Å². The number of fused-ring (bicyclic) bond motifs is 1. The first-order chi connectivity index (χ1) is 17.2. The van der Waals surface area contributed by atoms with Crippen molar-refractivity contribution in [3.63, 3.8) is 0 Å². The third kappa shape index (κ3) is 4.92. The number of aryl methyl sites for hydroxylation is 1. The van der Waals surface area contributed by atoms with E-state index in [9.17, 15) is 24.0 Å². The number of ether oxygens (including phenoxy) is 1. The maximum absolute atomic E-state index is 12.7. The molecule has 2 N–H and O–H groups in total. The van der Waals surface area contributed by atoms with Crippen LogP contribution in [0.15, 0.2) is 42.5 Å². The highest BCUT2D eigenvalue weighted by Crippen LogP contribution is 2.20. The molecule has 0 aliphatic carbocycles. The predicted octanol–water partition coefficient (Wildman–Crippen LogP) is 2.36. The van der Waals surface area contributed by atoms with Gasteiger partial charge in [0.1, 0.15) is 0 Å². The smallest absolute Gasteiger partial charge is 0.310 e. The standard InChI is InChI=1S/C26H24N4O6/c1-4-36-22(31)12-20-14(2)29-30(15(20)3)13-16-5-8-18(9-6-16)27-24(33)17-7-10-19-21(11-17)23(32)26(35)28-25(19)34/h5-11H,4,12-13H2,1-3H3,(H,27,33)(H,28,34,35). The second-order valence-electron chi connectivity index (χ2n) is 8.31. The molecule has 10 nitrogen and oxygen atoms in total. The maximum Gasteiger partial charge on any atom is 0.310 e. The summed E-state index contributed by atoms with van der Waals surface area (Å²) in [6.07, 6.45) is 0.170. The number of hydrogen-bond acceptors (Lipinski definition) is 7. The maximum atomic E-state index is 12.7. The van der Waals surface area contributed by atoms with Gasteiger partial charge in [0.05, 0.1) is 30.8 Å². The number of esters is 1. The van der Waals surface area contributed by atoms with Gasteiger partial charge in [0, 0.05) is 28.1 Å². The second-order valence-corrected chi connectivity index (χ2v) is 8.31. The third-order valence-electron chi connectivity index (χ3n) is 5.91. The van der Waals surface area contributed by atoms with E-state index in [1.807, 2.05) is 36.0 Å². The van der Waals surface area contributed by atoms with Crippen molar-refractivity contribution >= 4 is 35.2 Å². The van der Waals surface area contributed by atoms with E-state index in [1.165, 1.54) is 18.2 Å². The van der Waals surface area contributed by atoms with Crippen LogP contribution in [0.25, 0.3) is 0 Å². The van der Waals surface area contributed by atoms with Crippen LogP contribution in [0.1, 0.15) is 60.5 Å². The van der Waals surface area contributed by atoms with Crippen LogP contribution in [0.2, 0.25) is 0 Å². The summed E-state index contributed by atoms with van der Waals surface area (Å²) in [6.45, 7) is 6.34. The van der Waals surface area contributed by atoms with Gasteiger partial charge in [-0.25, -0.2) is 0 Å². The zero-order valence-electron chi connectivity index (χ0n) is 20.0. The highest BCUT2D eigenvalue weighted by atomic mass is 16.5. The summed E-state index contributed by atoms with van der Waals surface area (Å²) in [4.78, 5) is 60.2. The van der Waals surface area contributed by atoms with Crippen LogP contribution in [-0.2, 0) is 27.3 Å². The van der Waals surface area contributed by atoms with E-state index >= 15 is 0 Å². The Kier molecular flexibility index (Phi) is 6.77. The molecule has 10 heteroatoms. The minimum atomic E-state index is -1.02. The van der Waals surface area contributed by atoms with Gasteiger partial charge in [-0.15, -0.1) is 0 Å². The van der Waals surface area contributed by atoms with Crippen molar-refractivity contribution < 1.29 is 28.7 Å². The molecule has 184 valence electrons. The summed E-state index contributed by atoms with van der Waals surface area (Å²) in [5.41, 5.74) is 4.06. The van der Waals surface area contributed by atoms with Crippen LogP contribution >= 0.6 is 0 Å². The highest BCUT2D eigenvalue weighted by Gasteiger charge is 2.31. The topological polar surface area (TPSA) is 136 Å². The molecule has 0 saturated carbocycles. The number of ketones is 1. The van der Waals surface area contributed by atoms with E-state index in [0.29, 0.717) is 18.8 Å². The summed E-state index contributed by atoms with van der Waals surface area (Å²) < 4.78 is 6.86. The van der Waals surface area contributed by atoms with Gasteiger partial charge < -0.3 is 10.1 Å². The molecule has 3 amide bonds. The number of nitrogens with one attached hydrogen (secondary N) is 2. The van der Waals surface area contributed by atoms with Crippen molar-refractivity contribution in [2.75, 3.05) is 11.9 Å². The predicted molar refractivity (Wildman–Crippen MR) is 129 cm³/mol. The molecule has 0 bridgehead atoms. The fourth-order valence-electron chi connectivity index (χ4n) is 3.99. The molecule has 0 radical (unpaired) electrons. The Balaban J connectivity index is 1.45. The second kappa shape index (κ2) is 9.95. The quantitative estimate of drug-likeness (QED) is 0.296. The molecular formula is C26H24N4O6. The molecular weight excluding hydrogens is 464 g/mol. The average molecular weight is 489 g/mol. The Labute approximate surface area is 206 Å². The molecule has 0 unspecified atom stereocenters. The van der Waals surface area contributed by atoms with Crippen molar-refractivity contribution in [1.29, 1.82) is 0 Å². The molecule has 0 saturated heterocycles. The van der Waals surface area contributed by atoms with Crippen LogP contribution in [0.3, 0.4) is 0 Å². The number of amides is 3. The molecule has 36 heavy (non-hydrogen) atoms. The molecule has 0 spiro atoms. The first kappa shape index (κ1) is 24.5. The van der Waals surface area contributed by atoms with Gasteiger partial charge in [0.2, 0.25) is 0 Å². The molecule has 1 aliphatic heterocycles. The average Bonchev–Trinajstić information content (AvgIpc) is 3.10. The molecule has 0 fully saturated rings. The Morgan fingerprint density at radius 3 is 2.42 bits per heavy atom. The van der Waals surface area contributed by atoms with Crippen LogP contribution in [0.4, 0.5) is 5.69 Å². The lowest BCUT2D eigenvalue weighted by molar-refractivity contribution is -0.142. The molecule has 2 heterocycles. The van der Waals surface area contributed by atoms with E-state index in [-0.39, 0.29) is 29.1 Å². The Hall–Kier alpha value is -4.60. The highest BCUT2D eigenvalue weighted by molar-refractivity contribution is 6.49. The molecule has 0 atom stereocenters. The van der Waals surface area contributed by atoms with Gasteiger partial charge in [-0.1, -0.05) is 12.1 Å². The van der Waals surface area contributed by atoms with Crippen molar-refractivity contribution in [1.82, 2.24) is 15.1 Å². The number of carbonyl (C=O) groups is 5. The van der Waals surface area contributed by atoms with E-state index in [1.54, 1.807) is 19.1 Å². The van der Waals surface area contributed by atoms with Crippen molar-refractivity contribution in [3.8, 4) is 0 Å². The third-order valence-corrected chi connectivity index (χ3v) is 5.91. The lowest BCUT2D eigenvalue weighted by Gasteiger charge is -2.15. The van der Waals surface area contributed by atoms with Crippen LogP contribution in [0.5, 0.6) is 0 Å². The fraction of sp³-hybridized carbons (Fsp3) is 0.231. The number of hydrogen-bond donors (Lipinski definition) is 2. The molecule has 1 aromatic heterocycles. The Bertz CT molecular complexity index is 1400. The van der Waals surface area contributed by atoms with Crippen LogP contribution < -0.4 is 10.6 Å². The zero-order valence-corrected chi connectivity index (χ0v) is 20.0. The number of aromatic nitrogens is 2. The molecule has 3 aromatic rings. The van der Waals surface area contributed by atoms with Gasteiger partial charge in [-0.05, 0) is 56.7 Å². The number of nitrogens with zero attached hydrogens (tertiary/aromatic N) is 2. The zero-order chi connectivity index (χ0) is 26.0. The van der Waals surface area contributed by atoms with Crippen LogP contribution in [0, 0.1) is 13.8 Å². The monoisotopic (exact) mass is 488 g/mol. The number of rotatable bonds is 7. The minimum absolute atomic E-state index is 0.0510. The summed E-state index contributed by atoms with van der Waals surface area (Å²) in [7, 11) is 0. The van der Waals surface area contributed by atoms with E-state index < -0.39 is 23.5 Å². The SMILES string of the molecule is CCOC(=O)Cc1c(C)nn(Cc2ccc(NC(=O)c3ccc4c(c3)C(=O)C(=O)NC4=O)cc2)c1C. The summed E-state index contributed by atoms with van der Waals surface area (Å²) >= 11 is 0. The van der Waals surface area contributed by atoms with Gasteiger partial charge in [-0.2, -0.15) is 5.10 Å². The number of imide groups is 1. The first-order valence-electron chi connectivity index (χ1n) is 11.3. The molecule has 2 aromatic carbocycles. The lowest BCUT2D eigenvalue weighted by atomic mass is 9.96. The number of carbonyl (C=O) groups excluding carboxylic acids is 5. The summed E-state index contributed by atoms with van der Waals surface area (Å²) in [6, 6.07) is 11.2. The van der Waals surface area contributed by atoms with Crippen molar-refractivity contribution in [2.24, 2.45) is 0 Å². The molecule has 1 aliphatic rings. The number of anilines is 1. The Morgan fingerprint density at radius 2 is 1.72 bits per heavy atom. The number of Topliss-reactive ketones (excluding diaryl/α,β-unsaturated/α-hetero) is 1. The van der Waals surface area contributed by atoms with Crippen molar-refractivity contribution in [2.45, 2.75) is 33.7 Å². The first-order valence-corrected chi connectivity index (χ1v) is 11.3. The van der Waals surface area contributed by atoms with E-state index in [4.69, 9.17) is 4.74 Å². The normalized spacial score (nSPS) is 12.7. The van der Waals surface area contributed by atoms with E-state index in [0.717, 1.165) is 22.5 Å². The number of benzene rings is 2. The van der Waals surface area contributed by atoms with Gasteiger partial charge >= 0.3 is 5.97 Å². The van der Waals surface area contributed by atoms with Crippen molar-refractivity contribution in [3.05, 3.63) is 81.7 Å². The largest absolute Gasteiger partial charge is 0.466 e. The van der Waals surface area contributed by atoms with Gasteiger partial charge in [0.15, 0.2) is 0 Å². The Morgan fingerprint density at radius 1 is 1.00 bits per heavy atom. The minimum Gasteiger partial charge on any atom is -0.466 e. The summed E-state index contributed by atoms with van der Waals surface area (Å²) in [5, 5.41) is 9.24. The van der Waals surface area contributed by atoms with Gasteiger partial charge in [-0.3, -0.25) is 34.0 Å². The summed E-state index contributed by atoms with van der Waals surface area (Å²) in [5.74, 6) is -3.33. The fourth-order valence-corrected chi connectivity index (χ4v) is 3.99.